The molecule has 0 saturated carbocycles. The van der Waals surface area contributed by atoms with E-state index in [4.69, 9.17) is 0 Å². The van der Waals surface area contributed by atoms with E-state index in [1.165, 1.54) is 0 Å². The number of nitrogens with one attached hydrogen (secondary N) is 1. The van der Waals surface area contributed by atoms with Gasteiger partial charge in [-0.2, -0.15) is 0 Å². The summed E-state index contributed by atoms with van der Waals surface area (Å²) in [5, 5.41) is 6.92. The lowest BCUT2D eigenvalue weighted by atomic mass is 10.2. The van der Waals surface area contributed by atoms with Crippen molar-refractivity contribution in [2.75, 3.05) is 6.54 Å². The highest BCUT2D eigenvalue weighted by atomic mass is 32.1. The van der Waals surface area contributed by atoms with Gasteiger partial charge in [0.1, 0.15) is 4.88 Å². The standard InChI is InChI=1S/C15H17N7OS/c1-2-4-11-12(24-21-20-11)15(23)19-8-10-22-9-7-18-14(22)13-16-5-3-6-17-13/h3,5-7,9H,2,4,8,10H2,1H3,(H,19,23). The van der Waals surface area contributed by atoms with E-state index in [1.807, 2.05) is 17.7 Å². The fraction of sp³-hybridized carbons (Fsp3) is 0.333. The highest BCUT2D eigenvalue weighted by molar-refractivity contribution is 7.08. The van der Waals surface area contributed by atoms with E-state index in [9.17, 15) is 4.79 Å². The lowest BCUT2D eigenvalue weighted by Crippen LogP contribution is -2.27. The number of carbonyl (C=O) groups is 1. The minimum atomic E-state index is -0.133. The van der Waals surface area contributed by atoms with Crippen LogP contribution in [0.15, 0.2) is 30.9 Å². The Morgan fingerprint density at radius 3 is 2.88 bits per heavy atom. The van der Waals surface area contributed by atoms with Crippen molar-refractivity contribution in [2.45, 2.75) is 26.3 Å². The van der Waals surface area contributed by atoms with Crippen molar-refractivity contribution in [3.8, 4) is 11.6 Å². The third kappa shape index (κ3) is 3.62. The second kappa shape index (κ2) is 7.73. The zero-order chi connectivity index (χ0) is 16.8. The Balaban J connectivity index is 1.60. The quantitative estimate of drug-likeness (QED) is 0.699. The smallest absolute Gasteiger partial charge is 0.265 e. The van der Waals surface area contributed by atoms with Gasteiger partial charge in [0.05, 0.1) is 5.69 Å². The largest absolute Gasteiger partial charge is 0.349 e. The molecule has 1 N–H and O–H groups in total. The maximum absolute atomic E-state index is 12.3. The van der Waals surface area contributed by atoms with E-state index < -0.39 is 0 Å². The van der Waals surface area contributed by atoms with Crippen LogP contribution in [0.4, 0.5) is 0 Å². The first-order valence-electron chi connectivity index (χ1n) is 7.67. The molecule has 24 heavy (non-hydrogen) atoms. The molecule has 0 atom stereocenters. The van der Waals surface area contributed by atoms with Crippen molar-refractivity contribution < 1.29 is 4.79 Å². The number of carbonyl (C=O) groups excluding carboxylic acids is 1. The van der Waals surface area contributed by atoms with Crippen molar-refractivity contribution in [3.63, 3.8) is 0 Å². The molecule has 0 saturated heterocycles. The van der Waals surface area contributed by atoms with E-state index in [2.05, 4.69) is 29.9 Å². The summed E-state index contributed by atoms with van der Waals surface area (Å²) in [4.78, 5) is 25.5. The summed E-state index contributed by atoms with van der Waals surface area (Å²) in [7, 11) is 0. The molecule has 3 aromatic heterocycles. The highest BCUT2D eigenvalue weighted by Crippen LogP contribution is 2.13. The average molecular weight is 343 g/mol. The molecular weight excluding hydrogens is 326 g/mol. The summed E-state index contributed by atoms with van der Waals surface area (Å²) < 4.78 is 5.78. The molecule has 124 valence electrons. The number of rotatable bonds is 7. The van der Waals surface area contributed by atoms with Crippen LogP contribution in [0.2, 0.25) is 0 Å². The second-order valence-corrected chi connectivity index (χ2v) is 5.83. The minimum Gasteiger partial charge on any atom is -0.349 e. The Hall–Kier alpha value is -2.68. The van der Waals surface area contributed by atoms with E-state index >= 15 is 0 Å². The average Bonchev–Trinajstić information content (AvgIpc) is 3.25. The fourth-order valence-corrected chi connectivity index (χ4v) is 2.89. The molecule has 0 unspecified atom stereocenters. The number of aromatic nitrogens is 6. The molecule has 8 nitrogen and oxygen atoms in total. The third-order valence-electron chi connectivity index (χ3n) is 3.37. The van der Waals surface area contributed by atoms with E-state index in [0.717, 1.165) is 30.1 Å². The van der Waals surface area contributed by atoms with Crippen LogP contribution in [-0.2, 0) is 13.0 Å². The first-order valence-corrected chi connectivity index (χ1v) is 8.45. The third-order valence-corrected chi connectivity index (χ3v) is 4.14. The van der Waals surface area contributed by atoms with Crippen LogP contribution in [0.3, 0.4) is 0 Å². The van der Waals surface area contributed by atoms with Crippen LogP contribution >= 0.6 is 11.5 Å². The lowest BCUT2D eigenvalue weighted by Gasteiger charge is -2.08. The summed E-state index contributed by atoms with van der Waals surface area (Å²) in [5.41, 5.74) is 0.765. The molecule has 3 aromatic rings. The van der Waals surface area contributed by atoms with E-state index in [0.29, 0.717) is 29.6 Å². The molecule has 0 fully saturated rings. The van der Waals surface area contributed by atoms with Crippen LogP contribution in [0.1, 0.15) is 28.7 Å². The number of hydrogen-bond donors (Lipinski definition) is 1. The predicted octanol–water partition coefficient (Wildman–Crippen LogP) is 1.57. The summed E-state index contributed by atoms with van der Waals surface area (Å²) in [6, 6.07) is 1.76. The van der Waals surface area contributed by atoms with E-state index in [-0.39, 0.29) is 5.91 Å². The maximum Gasteiger partial charge on any atom is 0.265 e. The highest BCUT2D eigenvalue weighted by Gasteiger charge is 2.15. The zero-order valence-electron chi connectivity index (χ0n) is 13.2. The number of amides is 1. The number of hydrogen-bond acceptors (Lipinski definition) is 7. The van der Waals surface area contributed by atoms with Gasteiger partial charge in [0.15, 0.2) is 11.6 Å². The first kappa shape index (κ1) is 16.2. The molecule has 0 aliphatic rings. The van der Waals surface area contributed by atoms with Gasteiger partial charge in [-0.1, -0.05) is 17.8 Å². The van der Waals surface area contributed by atoms with Crippen LogP contribution in [0.5, 0.6) is 0 Å². The normalized spacial score (nSPS) is 10.7. The Kier molecular flexibility index (Phi) is 5.22. The van der Waals surface area contributed by atoms with Gasteiger partial charge in [0.25, 0.3) is 5.91 Å². The number of imidazole rings is 1. The second-order valence-electron chi connectivity index (χ2n) is 5.07. The van der Waals surface area contributed by atoms with Crippen LogP contribution in [-0.4, -0.2) is 41.6 Å². The minimum absolute atomic E-state index is 0.133. The van der Waals surface area contributed by atoms with Gasteiger partial charge in [-0.3, -0.25) is 4.79 Å². The van der Waals surface area contributed by atoms with Crippen LogP contribution in [0, 0.1) is 0 Å². The van der Waals surface area contributed by atoms with Gasteiger partial charge >= 0.3 is 0 Å². The van der Waals surface area contributed by atoms with Gasteiger partial charge < -0.3 is 9.88 Å². The molecule has 9 heteroatoms. The van der Waals surface area contributed by atoms with Gasteiger partial charge in [-0.15, -0.1) is 5.10 Å². The van der Waals surface area contributed by atoms with Crippen molar-refractivity contribution in [3.05, 3.63) is 41.4 Å². The van der Waals surface area contributed by atoms with Crippen molar-refractivity contribution in [1.29, 1.82) is 0 Å². The van der Waals surface area contributed by atoms with Crippen LogP contribution in [0.25, 0.3) is 11.6 Å². The molecule has 0 spiro atoms. The van der Waals surface area contributed by atoms with E-state index in [1.54, 1.807) is 24.7 Å². The topological polar surface area (TPSA) is 98.5 Å². The lowest BCUT2D eigenvalue weighted by molar-refractivity contribution is 0.0955. The summed E-state index contributed by atoms with van der Waals surface area (Å²) in [6.07, 6.45) is 8.58. The Labute approximate surface area is 143 Å². The molecule has 1 amide bonds. The van der Waals surface area contributed by atoms with Crippen molar-refractivity contribution in [2.24, 2.45) is 0 Å². The zero-order valence-corrected chi connectivity index (χ0v) is 14.0. The Bertz CT molecular complexity index is 799. The monoisotopic (exact) mass is 343 g/mol. The Morgan fingerprint density at radius 1 is 1.25 bits per heavy atom. The van der Waals surface area contributed by atoms with Crippen LogP contribution < -0.4 is 5.32 Å². The summed E-state index contributed by atoms with van der Waals surface area (Å²) >= 11 is 1.13. The predicted molar refractivity (Wildman–Crippen MR) is 89.5 cm³/mol. The SMILES string of the molecule is CCCc1nnsc1C(=O)NCCn1ccnc1-c1ncccn1. The molecular formula is C15H17N7OS. The molecule has 0 radical (unpaired) electrons. The molecule has 0 aromatic carbocycles. The molecule has 0 bridgehead atoms. The van der Waals surface area contributed by atoms with Gasteiger partial charge in [-0.05, 0) is 24.0 Å². The number of nitrogens with zero attached hydrogens (tertiary/aromatic N) is 6. The fourth-order valence-electron chi connectivity index (χ4n) is 2.26. The van der Waals surface area contributed by atoms with Gasteiger partial charge in [-0.25, -0.2) is 15.0 Å². The van der Waals surface area contributed by atoms with Crippen molar-refractivity contribution in [1.82, 2.24) is 34.4 Å². The van der Waals surface area contributed by atoms with Gasteiger partial charge in [0.2, 0.25) is 0 Å². The summed E-state index contributed by atoms with van der Waals surface area (Å²) in [5.74, 6) is 1.10. The van der Waals surface area contributed by atoms with Gasteiger partial charge in [0, 0.05) is 37.9 Å². The Morgan fingerprint density at radius 2 is 2.08 bits per heavy atom. The molecule has 0 aliphatic heterocycles. The molecule has 3 heterocycles. The maximum atomic E-state index is 12.3. The molecule has 0 aliphatic carbocycles. The number of aryl methyl sites for hydroxylation is 1. The first-order chi connectivity index (χ1) is 11.8. The summed E-state index contributed by atoms with van der Waals surface area (Å²) in [6.45, 7) is 3.10. The van der Waals surface area contributed by atoms with Crippen molar-refractivity contribution >= 4 is 17.4 Å². The molecule has 3 rings (SSSR count).